The maximum Gasteiger partial charge on any atom is 0.244 e. The van der Waals surface area contributed by atoms with E-state index < -0.39 is 0 Å². The van der Waals surface area contributed by atoms with E-state index in [1.165, 1.54) is 6.42 Å². The van der Waals surface area contributed by atoms with Crippen molar-refractivity contribution in [3.8, 4) is 5.75 Å². The van der Waals surface area contributed by atoms with E-state index in [4.69, 9.17) is 4.74 Å². The molecule has 106 valence electrons. The summed E-state index contributed by atoms with van der Waals surface area (Å²) in [6.07, 6.45) is 5.51. The summed E-state index contributed by atoms with van der Waals surface area (Å²) >= 11 is 0. The molecule has 1 N–H and O–H groups in total. The van der Waals surface area contributed by atoms with Gasteiger partial charge in [0, 0.05) is 6.04 Å². The molecular weight excluding hydrogens is 252 g/mol. The summed E-state index contributed by atoms with van der Waals surface area (Å²) in [5.74, 6) is 1.16. The molecule has 4 nitrogen and oxygen atoms in total. The van der Waals surface area contributed by atoms with Crippen LogP contribution >= 0.6 is 0 Å². The second-order valence-electron chi connectivity index (χ2n) is 6.20. The quantitative estimate of drug-likeness (QED) is 0.917. The number of benzene rings is 1. The molecule has 3 fully saturated rings. The van der Waals surface area contributed by atoms with Crippen LogP contribution in [0.15, 0.2) is 24.3 Å². The number of nitrogens with one attached hydrogen (secondary N) is 1. The third kappa shape index (κ3) is 1.67. The van der Waals surface area contributed by atoms with E-state index in [-0.39, 0.29) is 11.7 Å². The summed E-state index contributed by atoms with van der Waals surface area (Å²) in [7, 11) is 1.68. The average molecular weight is 272 g/mol. The highest BCUT2D eigenvalue weighted by Crippen LogP contribution is 2.48. The zero-order chi connectivity index (χ0) is 13.7. The molecule has 1 aromatic rings. The van der Waals surface area contributed by atoms with Crippen molar-refractivity contribution in [2.75, 3.05) is 7.11 Å². The van der Waals surface area contributed by atoms with Crippen LogP contribution in [0.5, 0.6) is 5.75 Å². The first kappa shape index (κ1) is 12.2. The second-order valence-corrected chi connectivity index (χ2v) is 6.20. The molecule has 0 bridgehead atoms. The van der Waals surface area contributed by atoms with Crippen LogP contribution in [0.4, 0.5) is 0 Å². The highest BCUT2D eigenvalue weighted by atomic mass is 16.5. The maximum absolute atomic E-state index is 12.7. The lowest BCUT2D eigenvalue weighted by atomic mass is 9.90. The minimum atomic E-state index is -0.247. The Labute approximate surface area is 119 Å². The molecule has 4 heteroatoms. The number of rotatable bonds is 3. The van der Waals surface area contributed by atoms with Gasteiger partial charge in [-0.1, -0.05) is 12.1 Å². The summed E-state index contributed by atoms with van der Waals surface area (Å²) in [4.78, 5) is 14.8. The Hall–Kier alpha value is -1.55. The van der Waals surface area contributed by atoms with E-state index >= 15 is 0 Å². The van der Waals surface area contributed by atoms with Crippen molar-refractivity contribution in [3.63, 3.8) is 0 Å². The van der Waals surface area contributed by atoms with Crippen LogP contribution in [0.1, 0.15) is 43.8 Å². The smallest absolute Gasteiger partial charge is 0.244 e. The predicted molar refractivity (Wildman–Crippen MR) is 75.3 cm³/mol. The molecular formula is C16H20N2O2. The lowest BCUT2D eigenvalue weighted by molar-refractivity contribution is -0.134. The zero-order valence-corrected chi connectivity index (χ0v) is 11.8. The van der Waals surface area contributed by atoms with Crippen molar-refractivity contribution in [2.45, 2.75) is 49.9 Å². The van der Waals surface area contributed by atoms with E-state index in [0.29, 0.717) is 11.9 Å². The molecule has 1 spiro atoms. The van der Waals surface area contributed by atoms with Crippen molar-refractivity contribution in [2.24, 2.45) is 0 Å². The van der Waals surface area contributed by atoms with Gasteiger partial charge in [-0.25, -0.2) is 0 Å². The normalized spacial score (nSPS) is 27.8. The largest absolute Gasteiger partial charge is 0.497 e. The van der Waals surface area contributed by atoms with Crippen LogP contribution < -0.4 is 10.1 Å². The number of ether oxygens (including phenoxy) is 1. The Morgan fingerprint density at radius 3 is 2.75 bits per heavy atom. The first-order valence-corrected chi connectivity index (χ1v) is 7.48. The Bertz CT molecular complexity index is 549. The van der Waals surface area contributed by atoms with Gasteiger partial charge >= 0.3 is 0 Å². The highest BCUT2D eigenvalue weighted by Gasteiger charge is 2.60. The molecule has 1 atom stereocenters. The van der Waals surface area contributed by atoms with E-state index in [2.05, 4.69) is 16.3 Å². The Morgan fingerprint density at radius 2 is 2.15 bits per heavy atom. The summed E-state index contributed by atoms with van der Waals surface area (Å²) < 4.78 is 5.31. The summed E-state index contributed by atoms with van der Waals surface area (Å²) in [6, 6.07) is 8.49. The lowest BCUT2D eigenvalue weighted by Gasteiger charge is -2.38. The fourth-order valence-corrected chi connectivity index (χ4v) is 3.34. The standard InChI is InChI=1S/C16H20N2O2/c1-20-13-7-2-4-11(10-13)14-17-16(8-9-16)15(19)18(14)12-5-3-6-12/h2,4,7,10,12,14,17H,3,5-6,8-9H2,1H3. The van der Waals surface area contributed by atoms with Crippen molar-refractivity contribution < 1.29 is 9.53 Å². The zero-order valence-electron chi connectivity index (χ0n) is 11.8. The van der Waals surface area contributed by atoms with Gasteiger partial charge in [0.15, 0.2) is 0 Å². The van der Waals surface area contributed by atoms with Gasteiger partial charge in [0.05, 0.1) is 7.11 Å². The van der Waals surface area contributed by atoms with E-state index in [1.54, 1.807) is 7.11 Å². The average Bonchev–Trinajstić information content (AvgIpc) is 3.15. The predicted octanol–water partition coefficient (Wildman–Crippen LogP) is 2.21. The van der Waals surface area contributed by atoms with E-state index in [9.17, 15) is 4.79 Å². The summed E-state index contributed by atoms with van der Waals surface area (Å²) in [6.45, 7) is 0. The molecule has 2 aliphatic carbocycles. The van der Waals surface area contributed by atoms with Gasteiger partial charge in [-0.2, -0.15) is 0 Å². The summed E-state index contributed by atoms with van der Waals surface area (Å²) in [5.41, 5.74) is 0.886. The molecule has 1 unspecified atom stereocenters. The fourth-order valence-electron chi connectivity index (χ4n) is 3.34. The van der Waals surface area contributed by atoms with E-state index in [0.717, 1.165) is 37.0 Å². The summed E-state index contributed by atoms with van der Waals surface area (Å²) in [5, 5.41) is 3.58. The third-order valence-electron chi connectivity index (χ3n) is 4.96. The molecule has 1 saturated heterocycles. The van der Waals surface area contributed by atoms with Gasteiger partial charge in [0.2, 0.25) is 5.91 Å². The Morgan fingerprint density at radius 1 is 1.35 bits per heavy atom. The van der Waals surface area contributed by atoms with E-state index in [1.807, 2.05) is 18.2 Å². The van der Waals surface area contributed by atoms with Gasteiger partial charge in [-0.05, 0) is 49.8 Å². The highest BCUT2D eigenvalue weighted by molar-refractivity contribution is 5.92. The van der Waals surface area contributed by atoms with Gasteiger partial charge in [-0.15, -0.1) is 0 Å². The Balaban J connectivity index is 1.69. The molecule has 1 heterocycles. The van der Waals surface area contributed by atoms with Gasteiger partial charge in [0.1, 0.15) is 17.5 Å². The van der Waals surface area contributed by atoms with Crippen LogP contribution in [-0.4, -0.2) is 29.5 Å². The number of carbonyl (C=O) groups is 1. The van der Waals surface area contributed by atoms with Gasteiger partial charge in [0.25, 0.3) is 0 Å². The van der Waals surface area contributed by atoms with Crippen molar-refractivity contribution in [1.82, 2.24) is 10.2 Å². The minimum absolute atomic E-state index is 0.0189. The van der Waals surface area contributed by atoms with Crippen molar-refractivity contribution in [3.05, 3.63) is 29.8 Å². The molecule has 0 aromatic heterocycles. The number of hydrogen-bond acceptors (Lipinski definition) is 3. The van der Waals surface area contributed by atoms with Gasteiger partial charge < -0.3 is 9.64 Å². The van der Waals surface area contributed by atoms with Crippen molar-refractivity contribution >= 4 is 5.91 Å². The number of hydrogen-bond donors (Lipinski definition) is 1. The maximum atomic E-state index is 12.7. The van der Waals surface area contributed by atoms with Crippen LogP contribution in [0.2, 0.25) is 0 Å². The van der Waals surface area contributed by atoms with Crippen molar-refractivity contribution in [1.29, 1.82) is 0 Å². The van der Waals surface area contributed by atoms with Gasteiger partial charge in [-0.3, -0.25) is 10.1 Å². The topological polar surface area (TPSA) is 41.6 Å². The molecule has 4 rings (SSSR count). The first-order valence-electron chi connectivity index (χ1n) is 7.48. The third-order valence-corrected chi connectivity index (χ3v) is 4.96. The SMILES string of the molecule is COc1cccc(C2NC3(CC3)C(=O)N2C2CCC2)c1. The van der Waals surface area contributed by atoms with Crippen LogP contribution in [0.25, 0.3) is 0 Å². The van der Waals surface area contributed by atoms with Crippen LogP contribution in [0.3, 0.4) is 0 Å². The molecule has 2 saturated carbocycles. The van der Waals surface area contributed by atoms with Crippen LogP contribution in [0, 0.1) is 0 Å². The molecule has 1 aromatic carbocycles. The second kappa shape index (κ2) is 4.22. The minimum Gasteiger partial charge on any atom is -0.497 e. The number of nitrogens with zero attached hydrogens (tertiary/aromatic N) is 1. The number of carbonyl (C=O) groups excluding carboxylic acids is 1. The number of amides is 1. The number of methoxy groups -OCH3 is 1. The monoisotopic (exact) mass is 272 g/mol. The Kier molecular flexibility index (Phi) is 2.58. The molecule has 0 radical (unpaired) electrons. The lowest BCUT2D eigenvalue weighted by Crippen LogP contribution is -2.44. The fraction of sp³-hybridized carbons (Fsp3) is 0.562. The molecule has 3 aliphatic rings. The molecule has 20 heavy (non-hydrogen) atoms. The van der Waals surface area contributed by atoms with Crippen LogP contribution in [-0.2, 0) is 4.79 Å². The molecule has 1 aliphatic heterocycles. The molecule has 1 amide bonds. The first-order chi connectivity index (χ1) is 9.73.